The fourth-order valence-electron chi connectivity index (χ4n) is 2.00. The molecule has 1 N–H and O–H groups in total. The highest BCUT2D eigenvalue weighted by atomic mass is 79.9. The summed E-state index contributed by atoms with van der Waals surface area (Å²) in [5.74, 6) is -0.905. The third kappa shape index (κ3) is 6.33. The summed E-state index contributed by atoms with van der Waals surface area (Å²) in [5.41, 5.74) is 0.775. The summed E-state index contributed by atoms with van der Waals surface area (Å²) in [5, 5.41) is 2.64. The van der Waals surface area contributed by atoms with Crippen molar-refractivity contribution in [1.82, 2.24) is 0 Å². The van der Waals surface area contributed by atoms with Crippen LogP contribution < -0.4 is 10.1 Å². The zero-order valence-electron chi connectivity index (χ0n) is 14.0. The highest BCUT2D eigenvalue weighted by Crippen LogP contribution is 2.19. The van der Waals surface area contributed by atoms with E-state index in [1.165, 1.54) is 18.2 Å². The molecular weight excluding hydrogens is 405 g/mol. The molecule has 5 nitrogen and oxygen atoms in total. The minimum absolute atomic E-state index is 0.215. The Morgan fingerprint density at radius 2 is 2.04 bits per heavy atom. The van der Waals surface area contributed by atoms with E-state index in [0.717, 1.165) is 0 Å². The molecule has 26 heavy (non-hydrogen) atoms. The number of rotatable bonds is 7. The van der Waals surface area contributed by atoms with Gasteiger partial charge in [-0.05, 0) is 43.3 Å². The third-order valence-electron chi connectivity index (χ3n) is 3.14. The van der Waals surface area contributed by atoms with Gasteiger partial charge in [-0.3, -0.25) is 4.79 Å². The highest BCUT2D eigenvalue weighted by Gasteiger charge is 2.05. The maximum absolute atomic E-state index is 13.6. The molecule has 0 heterocycles. The molecule has 2 aromatic carbocycles. The Hall–Kier alpha value is -2.67. The van der Waals surface area contributed by atoms with Crippen LogP contribution >= 0.6 is 15.9 Å². The first-order chi connectivity index (χ1) is 12.5. The second kappa shape index (κ2) is 9.72. The van der Waals surface area contributed by atoms with Crippen LogP contribution in [-0.2, 0) is 14.3 Å². The van der Waals surface area contributed by atoms with Crippen LogP contribution in [0.15, 0.2) is 53.0 Å². The van der Waals surface area contributed by atoms with Gasteiger partial charge in [-0.25, -0.2) is 9.18 Å². The van der Waals surface area contributed by atoms with Gasteiger partial charge in [0, 0.05) is 27.9 Å². The van der Waals surface area contributed by atoms with Crippen molar-refractivity contribution >= 4 is 39.6 Å². The van der Waals surface area contributed by atoms with E-state index in [-0.39, 0.29) is 13.2 Å². The van der Waals surface area contributed by atoms with Gasteiger partial charge in [0.15, 0.2) is 6.61 Å². The molecule has 0 spiro atoms. The molecule has 0 unspecified atom stereocenters. The van der Waals surface area contributed by atoms with Gasteiger partial charge in [-0.15, -0.1) is 0 Å². The lowest BCUT2D eigenvalue weighted by molar-refractivity contribution is -0.145. The Balaban J connectivity index is 1.96. The molecule has 2 aromatic rings. The van der Waals surface area contributed by atoms with Gasteiger partial charge in [0.1, 0.15) is 11.6 Å². The minimum atomic E-state index is -0.471. The van der Waals surface area contributed by atoms with E-state index in [1.54, 1.807) is 43.3 Å². The minimum Gasteiger partial charge on any atom is -0.482 e. The Bertz CT molecular complexity index is 823. The largest absolute Gasteiger partial charge is 0.482 e. The fraction of sp³-hybridized carbons (Fsp3) is 0.158. The number of anilines is 1. The number of benzene rings is 2. The topological polar surface area (TPSA) is 64.6 Å². The quantitative estimate of drug-likeness (QED) is 0.537. The van der Waals surface area contributed by atoms with E-state index in [0.29, 0.717) is 21.5 Å². The lowest BCUT2D eigenvalue weighted by atomic mass is 10.2. The van der Waals surface area contributed by atoms with Crippen molar-refractivity contribution in [2.75, 3.05) is 18.5 Å². The first-order valence-electron chi connectivity index (χ1n) is 7.80. The average molecular weight is 422 g/mol. The van der Waals surface area contributed by atoms with Crippen molar-refractivity contribution in [2.45, 2.75) is 6.92 Å². The normalized spacial score (nSPS) is 10.6. The number of esters is 1. The molecule has 0 radical (unpaired) electrons. The maximum Gasteiger partial charge on any atom is 0.344 e. The van der Waals surface area contributed by atoms with Gasteiger partial charge in [0.25, 0.3) is 0 Å². The summed E-state index contributed by atoms with van der Waals surface area (Å²) < 4.78 is 24.4. The SMILES string of the molecule is CCOC(=O)COc1cccc(NC(=O)/C=C/c2cc(Br)ccc2F)c1. The first-order valence-corrected chi connectivity index (χ1v) is 8.60. The lowest BCUT2D eigenvalue weighted by Crippen LogP contribution is -2.14. The van der Waals surface area contributed by atoms with Crippen molar-refractivity contribution in [3.8, 4) is 5.75 Å². The molecule has 2 rings (SSSR count). The average Bonchev–Trinajstić information content (AvgIpc) is 2.61. The van der Waals surface area contributed by atoms with Gasteiger partial charge in [-0.1, -0.05) is 22.0 Å². The van der Waals surface area contributed by atoms with Crippen LogP contribution in [0.5, 0.6) is 5.75 Å². The third-order valence-corrected chi connectivity index (χ3v) is 3.63. The van der Waals surface area contributed by atoms with E-state index < -0.39 is 17.7 Å². The summed E-state index contributed by atoms with van der Waals surface area (Å²) in [6.45, 7) is 1.78. The molecule has 1 amide bonds. The maximum atomic E-state index is 13.6. The van der Waals surface area contributed by atoms with Crippen molar-refractivity contribution in [3.63, 3.8) is 0 Å². The molecule has 136 valence electrons. The van der Waals surface area contributed by atoms with Crippen molar-refractivity contribution < 1.29 is 23.5 Å². The number of hydrogen-bond acceptors (Lipinski definition) is 4. The van der Waals surface area contributed by atoms with Crippen LogP contribution in [0.1, 0.15) is 12.5 Å². The summed E-state index contributed by atoms with van der Waals surface area (Å²) >= 11 is 3.25. The zero-order valence-corrected chi connectivity index (χ0v) is 15.6. The van der Waals surface area contributed by atoms with Crippen LogP contribution in [0.3, 0.4) is 0 Å². The lowest BCUT2D eigenvalue weighted by Gasteiger charge is -2.08. The molecule has 0 aliphatic rings. The first kappa shape index (κ1) is 19.7. The standard InChI is InChI=1S/C19H17BrFNO4/c1-2-25-19(24)12-26-16-5-3-4-15(11-16)22-18(23)9-6-13-10-14(20)7-8-17(13)21/h3-11H,2,12H2,1H3,(H,22,23)/b9-6+. The number of halogens is 2. The van der Waals surface area contributed by atoms with Crippen molar-refractivity contribution in [2.24, 2.45) is 0 Å². The van der Waals surface area contributed by atoms with Crippen molar-refractivity contribution in [3.05, 3.63) is 64.4 Å². The number of hydrogen-bond donors (Lipinski definition) is 1. The van der Waals surface area contributed by atoms with Crippen LogP contribution in [0.2, 0.25) is 0 Å². The molecule has 0 saturated carbocycles. The molecular formula is C19H17BrFNO4. The summed E-state index contributed by atoms with van der Waals surface area (Å²) in [7, 11) is 0. The number of carbonyl (C=O) groups excluding carboxylic acids is 2. The van der Waals surface area contributed by atoms with Crippen LogP contribution in [0.25, 0.3) is 6.08 Å². The number of nitrogens with one attached hydrogen (secondary N) is 1. The second-order valence-corrected chi connectivity index (χ2v) is 6.03. The Morgan fingerprint density at radius 3 is 2.81 bits per heavy atom. The van der Waals surface area contributed by atoms with Crippen molar-refractivity contribution in [1.29, 1.82) is 0 Å². The molecule has 7 heteroatoms. The van der Waals surface area contributed by atoms with Crippen LogP contribution in [-0.4, -0.2) is 25.1 Å². The van der Waals surface area contributed by atoms with Gasteiger partial charge in [0.05, 0.1) is 6.61 Å². The highest BCUT2D eigenvalue weighted by molar-refractivity contribution is 9.10. The molecule has 0 atom stereocenters. The number of ether oxygens (including phenoxy) is 2. The van der Waals surface area contributed by atoms with E-state index in [9.17, 15) is 14.0 Å². The fourth-order valence-corrected chi connectivity index (χ4v) is 2.38. The van der Waals surface area contributed by atoms with E-state index in [4.69, 9.17) is 9.47 Å². The summed E-state index contributed by atoms with van der Waals surface area (Å²) in [6.07, 6.45) is 2.62. The molecule has 0 aliphatic carbocycles. The van der Waals surface area contributed by atoms with Gasteiger partial charge >= 0.3 is 5.97 Å². The predicted molar refractivity (Wildman–Crippen MR) is 100 cm³/mol. The van der Waals surface area contributed by atoms with Gasteiger partial charge in [-0.2, -0.15) is 0 Å². The van der Waals surface area contributed by atoms with Crippen LogP contribution in [0, 0.1) is 5.82 Å². The van der Waals surface area contributed by atoms with Gasteiger partial charge in [0.2, 0.25) is 5.91 Å². The van der Waals surface area contributed by atoms with E-state index >= 15 is 0 Å². The molecule has 0 aromatic heterocycles. The smallest absolute Gasteiger partial charge is 0.344 e. The van der Waals surface area contributed by atoms with E-state index in [2.05, 4.69) is 21.2 Å². The molecule has 0 aliphatic heterocycles. The zero-order chi connectivity index (χ0) is 18.9. The Morgan fingerprint density at radius 1 is 1.23 bits per heavy atom. The molecule has 0 fully saturated rings. The number of amides is 1. The second-order valence-electron chi connectivity index (χ2n) is 5.11. The molecule has 0 saturated heterocycles. The van der Waals surface area contributed by atoms with Crippen LogP contribution in [0.4, 0.5) is 10.1 Å². The predicted octanol–water partition coefficient (Wildman–Crippen LogP) is 4.18. The monoisotopic (exact) mass is 421 g/mol. The van der Waals surface area contributed by atoms with E-state index in [1.807, 2.05) is 0 Å². The molecule has 0 bridgehead atoms. The summed E-state index contributed by atoms with van der Waals surface area (Å²) in [4.78, 5) is 23.3. The van der Waals surface area contributed by atoms with Gasteiger partial charge < -0.3 is 14.8 Å². The Labute approximate surface area is 158 Å². The Kier molecular flexibility index (Phi) is 7.35. The number of carbonyl (C=O) groups is 2. The summed E-state index contributed by atoms with van der Waals surface area (Å²) in [6, 6.07) is 11.0.